The first-order chi connectivity index (χ1) is 36.4. The highest BCUT2D eigenvalue weighted by molar-refractivity contribution is 7.18. The summed E-state index contributed by atoms with van der Waals surface area (Å²) in [5.74, 6) is 0. The predicted octanol–water partition coefficient (Wildman–Crippen LogP) is 16.6. The lowest BCUT2D eigenvalue weighted by Gasteiger charge is -2.51. The molecule has 0 unspecified atom stereocenters. The first kappa shape index (κ1) is 49.3. The molecule has 0 amide bonds. The second-order valence-electron chi connectivity index (χ2n) is 29.1. The maximum atomic E-state index is 11.5. The first-order valence-electron chi connectivity index (χ1n) is 28.6. The van der Waals surface area contributed by atoms with E-state index in [0.717, 1.165) is 34.1 Å². The van der Waals surface area contributed by atoms with Crippen molar-refractivity contribution in [3.63, 3.8) is 0 Å². The third kappa shape index (κ3) is 7.62. The van der Waals surface area contributed by atoms with Crippen LogP contribution in [-0.2, 0) is 32.5 Å². The highest BCUT2D eigenvalue weighted by Crippen LogP contribution is 2.53. The normalized spacial score (nSPS) is 15.2. The first-order valence-corrected chi connectivity index (χ1v) is 29.9. The van der Waals surface area contributed by atoms with E-state index in [1.807, 2.05) is 22.7 Å². The zero-order valence-electron chi connectivity index (χ0n) is 49.9. The summed E-state index contributed by atoms with van der Waals surface area (Å²) >= 11 is 3.77. The van der Waals surface area contributed by atoms with Crippen molar-refractivity contribution >= 4 is 140 Å². The Morgan fingerprint density at radius 1 is 0.351 bits per heavy atom. The van der Waals surface area contributed by atoms with E-state index in [1.165, 1.54) is 103 Å². The Bertz CT molecular complexity index is 3750. The van der Waals surface area contributed by atoms with Crippen molar-refractivity contribution in [2.24, 2.45) is 0 Å². The number of hydrogen-bond acceptors (Lipinski definition) is 5. The SMILES string of the molecule is [2H]c1c2c3c4c5c1N(c1ccc(C(C)(C)C)cc1)c1ccc(C(C)(C)C)cc1B5c1cc5c(C(C)(C)C)csc5cc1N4c1cc4scc(C(C)(C)C)c4cc1B3c1cc(C(C)(C)C)ccc1N2c1ccc(C(C)(C)C)cc1. The number of anilines is 9. The number of rotatable bonds is 2. The zero-order chi connectivity index (χ0) is 55.5. The topological polar surface area (TPSA) is 9.72 Å². The smallest absolute Gasteiger partial charge is 0.252 e. The fourth-order valence-electron chi connectivity index (χ4n) is 13.2. The van der Waals surface area contributed by atoms with Crippen LogP contribution in [0.4, 0.5) is 51.2 Å². The maximum Gasteiger partial charge on any atom is 0.252 e. The van der Waals surface area contributed by atoms with Gasteiger partial charge >= 0.3 is 0 Å². The number of benzene rings is 7. The van der Waals surface area contributed by atoms with E-state index in [2.05, 4.69) is 259 Å². The summed E-state index contributed by atoms with van der Waals surface area (Å²) in [6, 6.07) is 44.0. The van der Waals surface area contributed by atoms with Gasteiger partial charge in [-0.05, 0) is 175 Å². The molecule has 7 aromatic carbocycles. The Hall–Kier alpha value is -6.01. The molecular weight excluding hydrogens is 969 g/mol. The highest BCUT2D eigenvalue weighted by Gasteiger charge is 2.52. The molecule has 9 aromatic rings. The Labute approximate surface area is 469 Å². The molecule has 0 saturated carbocycles. The second kappa shape index (κ2) is 16.3. The summed E-state index contributed by atoms with van der Waals surface area (Å²) in [6.45, 7) is 41.7. The Morgan fingerprint density at radius 2 is 0.688 bits per heavy atom. The van der Waals surface area contributed by atoms with Crippen LogP contribution in [0.5, 0.6) is 0 Å². The third-order valence-corrected chi connectivity index (χ3v) is 19.4. The molecule has 0 fully saturated rings. The summed E-state index contributed by atoms with van der Waals surface area (Å²) in [5, 5.41) is 7.51. The number of hydrogen-bond donors (Lipinski definition) is 0. The molecule has 4 aliphatic rings. The predicted molar refractivity (Wildman–Crippen MR) is 343 cm³/mol. The van der Waals surface area contributed by atoms with Gasteiger partial charge in [0.25, 0.3) is 13.4 Å². The summed E-state index contributed by atoms with van der Waals surface area (Å²) in [7, 11) is 0. The second-order valence-corrected chi connectivity index (χ2v) is 30.9. The van der Waals surface area contributed by atoms with Gasteiger partial charge in [0.2, 0.25) is 0 Å². The van der Waals surface area contributed by atoms with E-state index in [4.69, 9.17) is 0 Å². The Kier molecular flexibility index (Phi) is 10.4. The largest absolute Gasteiger partial charge is 0.312 e. The molecule has 7 heteroatoms. The molecule has 0 spiro atoms. The van der Waals surface area contributed by atoms with Crippen LogP contribution in [0.1, 0.15) is 159 Å². The van der Waals surface area contributed by atoms with Gasteiger partial charge in [-0.15, -0.1) is 22.7 Å². The van der Waals surface area contributed by atoms with Gasteiger partial charge in [0.05, 0.1) is 1.37 Å². The summed E-state index contributed by atoms with van der Waals surface area (Å²) in [4.78, 5) is 7.70. The van der Waals surface area contributed by atoms with E-state index in [9.17, 15) is 1.37 Å². The molecule has 0 aliphatic carbocycles. The molecule has 388 valence electrons. The number of nitrogens with zero attached hydrogens (tertiary/aromatic N) is 3. The summed E-state index contributed by atoms with van der Waals surface area (Å²) in [6.07, 6.45) is 0. The standard InChI is InChI=1S/C70H75B2N3S2/c1-65(2,3)40-19-25-44(26-20-40)73-54-29-23-42(67(7,8)9)31-50(54)71-52-33-46-48(69(13,14)15)38-76-60(46)36-56(52)75-57-37-61-47(49(39-77-61)70(16,17)18)34-53(57)72-51-32-43(68(10,11)12)24-30-55(51)74(45-27-21-41(22-28-45)66(4,5)6)59-35-58(73)62(71)64(75)63(59)72/h19-39H,1-18H3/i35D. The average Bonchev–Trinajstić information content (AvgIpc) is 1.33. The molecule has 6 heterocycles. The van der Waals surface area contributed by atoms with Crippen molar-refractivity contribution in [2.45, 2.75) is 157 Å². The fraction of sp³-hybridized carbons (Fsp3) is 0.343. The van der Waals surface area contributed by atoms with E-state index in [-0.39, 0.29) is 45.9 Å². The van der Waals surface area contributed by atoms with Crippen molar-refractivity contribution in [3.05, 3.63) is 159 Å². The van der Waals surface area contributed by atoms with Crippen LogP contribution < -0.4 is 47.5 Å². The monoisotopic (exact) mass is 1040 g/mol. The molecule has 0 atom stereocenters. The van der Waals surface area contributed by atoms with Crippen LogP contribution in [0.3, 0.4) is 0 Å². The number of fused-ring (bicyclic) bond motifs is 12. The van der Waals surface area contributed by atoms with E-state index in [0.29, 0.717) is 6.04 Å². The lowest BCUT2D eigenvalue weighted by atomic mass is 9.28. The van der Waals surface area contributed by atoms with Crippen molar-refractivity contribution in [1.29, 1.82) is 0 Å². The highest BCUT2D eigenvalue weighted by atomic mass is 32.1. The van der Waals surface area contributed by atoms with Crippen LogP contribution in [0.2, 0.25) is 0 Å². The van der Waals surface area contributed by atoms with E-state index in [1.54, 1.807) is 0 Å². The van der Waals surface area contributed by atoms with Gasteiger partial charge in [0, 0.05) is 60.6 Å². The van der Waals surface area contributed by atoms with Crippen molar-refractivity contribution in [2.75, 3.05) is 14.7 Å². The van der Waals surface area contributed by atoms with Gasteiger partial charge in [-0.2, -0.15) is 0 Å². The molecule has 2 aromatic heterocycles. The molecule has 0 N–H and O–H groups in total. The minimum Gasteiger partial charge on any atom is -0.312 e. The molecule has 0 radical (unpaired) electrons. The van der Waals surface area contributed by atoms with Crippen LogP contribution >= 0.6 is 22.7 Å². The molecule has 77 heavy (non-hydrogen) atoms. The third-order valence-electron chi connectivity index (χ3n) is 17.5. The van der Waals surface area contributed by atoms with E-state index >= 15 is 0 Å². The minimum absolute atomic E-state index is 0.0238. The van der Waals surface area contributed by atoms with Crippen molar-refractivity contribution < 1.29 is 1.37 Å². The quantitative estimate of drug-likeness (QED) is 0.160. The van der Waals surface area contributed by atoms with Crippen LogP contribution in [0.15, 0.2) is 126 Å². The van der Waals surface area contributed by atoms with Crippen LogP contribution in [0.25, 0.3) is 20.2 Å². The number of thiophene rings is 2. The van der Waals surface area contributed by atoms with Gasteiger partial charge in [-0.25, -0.2) is 0 Å². The molecule has 0 bridgehead atoms. The van der Waals surface area contributed by atoms with Crippen LogP contribution in [-0.4, -0.2) is 13.4 Å². The molecular formula is C70H75B2N3S2. The Morgan fingerprint density at radius 3 is 1.03 bits per heavy atom. The van der Waals surface area contributed by atoms with Crippen LogP contribution in [0, 0.1) is 0 Å². The fourth-order valence-corrected chi connectivity index (χ4v) is 15.6. The molecule has 3 nitrogen and oxygen atoms in total. The maximum absolute atomic E-state index is 11.5. The van der Waals surface area contributed by atoms with Gasteiger partial charge < -0.3 is 14.7 Å². The van der Waals surface area contributed by atoms with Crippen molar-refractivity contribution in [1.82, 2.24) is 0 Å². The average molecular weight is 1050 g/mol. The Balaban J connectivity index is 1.25. The van der Waals surface area contributed by atoms with Crippen molar-refractivity contribution in [3.8, 4) is 0 Å². The van der Waals surface area contributed by atoms with Gasteiger partial charge in [-0.3, -0.25) is 0 Å². The zero-order valence-corrected chi connectivity index (χ0v) is 50.5. The summed E-state index contributed by atoms with van der Waals surface area (Å²) < 4.78 is 14.1. The molecule has 0 saturated heterocycles. The molecule has 4 aliphatic heterocycles. The van der Waals surface area contributed by atoms with Gasteiger partial charge in [0.1, 0.15) is 0 Å². The van der Waals surface area contributed by atoms with Gasteiger partial charge in [0.15, 0.2) is 0 Å². The molecule has 13 rings (SSSR count). The lowest BCUT2D eigenvalue weighted by Crippen LogP contribution is -2.68. The summed E-state index contributed by atoms with van der Waals surface area (Å²) in [5.41, 5.74) is 25.4. The van der Waals surface area contributed by atoms with Gasteiger partial charge in [-0.1, -0.05) is 185 Å². The minimum atomic E-state index is -0.155. The lowest BCUT2D eigenvalue weighted by molar-refractivity contribution is 0.590. The van der Waals surface area contributed by atoms with E-state index < -0.39 is 0 Å².